The van der Waals surface area contributed by atoms with Crippen LogP contribution in [0, 0.1) is 5.82 Å². The zero-order valence-electron chi connectivity index (χ0n) is 14.9. The molecule has 0 radical (unpaired) electrons. The molecule has 0 spiro atoms. The summed E-state index contributed by atoms with van der Waals surface area (Å²) in [4.78, 5) is 14.4. The molecule has 1 N–H and O–H groups in total. The number of halogens is 1. The summed E-state index contributed by atoms with van der Waals surface area (Å²) in [5.41, 5.74) is 2.34. The second kappa shape index (κ2) is 6.96. The lowest BCUT2D eigenvalue weighted by atomic mass is 10.1. The number of rotatable bonds is 3. The van der Waals surface area contributed by atoms with Gasteiger partial charge in [-0.2, -0.15) is 10.2 Å². The van der Waals surface area contributed by atoms with E-state index in [4.69, 9.17) is 0 Å². The van der Waals surface area contributed by atoms with Crippen molar-refractivity contribution in [2.45, 2.75) is 25.6 Å². The fourth-order valence-electron chi connectivity index (χ4n) is 3.40. The highest BCUT2D eigenvalue weighted by atomic mass is 19.1. The molecule has 1 amide bonds. The van der Waals surface area contributed by atoms with Gasteiger partial charge in [0.1, 0.15) is 11.9 Å². The third-order valence-corrected chi connectivity index (χ3v) is 4.81. The fourth-order valence-corrected chi connectivity index (χ4v) is 3.40. The van der Waals surface area contributed by atoms with Gasteiger partial charge in [0, 0.05) is 31.9 Å². The van der Waals surface area contributed by atoms with Crippen LogP contribution in [0.15, 0.2) is 42.6 Å². The summed E-state index contributed by atoms with van der Waals surface area (Å²) >= 11 is 0. The Labute approximate surface area is 155 Å². The second-order valence-corrected chi connectivity index (χ2v) is 6.66. The normalized spacial score (nSPS) is 15.3. The maximum atomic E-state index is 13.5. The largest absolute Gasteiger partial charge is 0.380 e. The minimum atomic E-state index is -0.885. The van der Waals surface area contributed by atoms with Crippen LogP contribution in [-0.2, 0) is 20.1 Å². The van der Waals surface area contributed by atoms with Crippen molar-refractivity contribution in [3.05, 3.63) is 71.1 Å². The zero-order valence-corrected chi connectivity index (χ0v) is 14.9. The smallest absolute Gasteiger partial charge is 0.254 e. The SMILES string of the molecule is Cn1nccc1[C@@H](O)c1cc2n(n1)CCCN(C(=O)c1cccc(F)c1)C2. The Hall–Kier alpha value is -3.00. The first-order chi connectivity index (χ1) is 13.0. The van der Waals surface area contributed by atoms with E-state index in [1.165, 1.54) is 18.2 Å². The van der Waals surface area contributed by atoms with E-state index in [1.807, 2.05) is 10.7 Å². The molecule has 0 unspecified atom stereocenters. The van der Waals surface area contributed by atoms with Crippen molar-refractivity contribution < 1.29 is 14.3 Å². The molecule has 140 valence electrons. The molecule has 0 fully saturated rings. The molecule has 8 heteroatoms. The van der Waals surface area contributed by atoms with Crippen LogP contribution in [0.25, 0.3) is 0 Å². The van der Waals surface area contributed by atoms with Crippen LogP contribution in [0.2, 0.25) is 0 Å². The van der Waals surface area contributed by atoms with Crippen LogP contribution in [0.1, 0.15) is 40.0 Å². The maximum Gasteiger partial charge on any atom is 0.254 e. The summed E-state index contributed by atoms with van der Waals surface area (Å²) in [5, 5.41) is 19.2. The molecule has 1 aliphatic heterocycles. The highest BCUT2D eigenvalue weighted by molar-refractivity contribution is 5.94. The lowest BCUT2D eigenvalue weighted by Crippen LogP contribution is -2.30. The average molecular weight is 369 g/mol. The average Bonchev–Trinajstić information content (AvgIpc) is 3.21. The van der Waals surface area contributed by atoms with E-state index in [2.05, 4.69) is 10.2 Å². The Balaban J connectivity index is 1.58. The van der Waals surface area contributed by atoms with Crippen molar-refractivity contribution in [2.24, 2.45) is 7.05 Å². The first-order valence-corrected chi connectivity index (χ1v) is 8.80. The van der Waals surface area contributed by atoms with Gasteiger partial charge in [-0.1, -0.05) is 6.07 Å². The van der Waals surface area contributed by atoms with Gasteiger partial charge in [0.2, 0.25) is 0 Å². The molecule has 1 atom stereocenters. The monoisotopic (exact) mass is 369 g/mol. The predicted molar refractivity (Wildman–Crippen MR) is 95.3 cm³/mol. The summed E-state index contributed by atoms with van der Waals surface area (Å²) in [7, 11) is 1.76. The van der Waals surface area contributed by atoms with Crippen molar-refractivity contribution in [1.82, 2.24) is 24.5 Å². The number of carbonyl (C=O) groups excluding carboxylic acids is 1. The predicted octanol–water partition coefficient (Wildman–Crippen LogP) is 1.88. The third-order valence-electron chi connectivity index (χ3n) is 4.81. The molecule has 1 aromatic carbocycles. The van der Waals surface area contributed by atoms with E-state index in [0.717, 1.165) is 12.1 Å². The molecular weight excluding hydrogens is 349 g/mol. The number of benzene rings is 1. The van der Waals surface area contributed by atoms with E-state index >= 15 is 0 Å². The molecule has 1 aliphatic rings. The summed E-state index contributed by atoms with van der Waals surface area (Å²) in [6.07, 6.45) is 1.47. The highest BCUT2D eigenvalue weighted by Crippen LogP contribution is 2.23. The van der Waals surface area contributed by atoms with Crippen LogP contribution < -0.4 is 0 Å². The molecule has 4 rings (SSSR count). The number of amides is 1. The quantitative estimate of drug-likeness (QED) is 0.765. The van der Waals surface area contributed by atoms with E-state index < -0.39 is 11.9 Å². The summed E-state index contributed by atoms with van der Waals surface area (Å²) in [6.45, 7) is 1.58. The van der Waals surface area contributed by atoms with Gasteiger partial charge in [0.05, 0.1) is 23.6 Å². The van der Waals surface area contributed by atoms with Gasteiger partial charge in [-0.15, -0.1) is 0 Å². The van der Waals surface area contributed by atoms with Crippen molar-refractivity contribution >= 4 is 5.91 Å². The number of hydrogen-bond donors (Lipinski definition) is 1. The third kappa shape index (κ3) is 3.35. The number of hydrogen-bond acceptors (Lipinski definition) is 4. The molecule has 7 nitrogen and oxygen atoms in total. The molecule has 2 aromatic heterocycles. The number of fused-ring (bicyclic) bond motifs is 1. The Bertz CT molecular complexity index is 980. The fraction of sp³-hybridized carbons (Fsp3) is 0.316. The van der Waals surface area contributed by atoms with Crippen molar-refractivity contribution in [3.8, 4) is 0 Å². The number of aryl methyl sites for hydroxylation is 2. The van der Waals surface area contributed by atoms with Gasteiger partial charge in [0.25, 0.3) is 5.91 Å². The van der Waals surface area contributed by atoms with Crippen molar-refractivity contribution in [2.75, 3.05) is 6.54 Å². The molecule has 0 saturated heterocycles. The number of aromatic nitrogens is 4. The molecular formula is C19H20FN5O2. The number of aliphatic hydroxyl groups is 1. The van der Waals surface area contributed by atoms with Crippen LogP contribution in [-0.4, -0.2) is 42.0 Å². The topological polar surface area (TPSA) is 76.2 Å². The van der Waals surface area contributed by atoms with Gasteiger partial charge >= 0.3 is 0 Å². The van der Waals surface area contributed by atoms with E-state index in [-0.39, 0.29) is 5.91 Å². The molecule has 3 heterocycles. The molecule has 0 aliphatic carbocycles. The van der Waals surface area contributed by atoms with E-state index in [9.17, 15) is 14.3 Å². The summed E-state index contributed by atoms with van der Waals surface area (Å²) in [5.74, 6) is -0.639. The molecule has 0 bridgehead atoms. The van der Waals surface area contributed by atoms with E-state index in [0.29, 0.717) is 36.6 Å². The minimum absolute atomic E-state index is 0.210. The highest BCUT2D eigenvalue weighted by Gasteiger charge is 2.24. The first-order valence-electron chi connectivity index (χ1n) is 8.80. The van der Waals surface area contributed by atoms with Gasteiger partial charge in [-0.05, 0) is 36.8 Å². The Morgan fingerprint density at radius 1 is 1.26 bits per heavy atom. The second-order valence-electron chi connectivity index (χ2n) is 6.66. The summed E-state index contributed by atoms with van der Waals surface area (Å²) in [6, 6.07) is 9.28. The minimum Gasteiger partial charge on any atom is -0.380 e. The lowest BCUT2D eigenvalue weighted by Gasteiger charge is -2.20. The number of aliphatic hydroxyl groups excluding tert-OH is 1. The molecule has 3 aromatic rings. The summed E-state index contributed by atoms with van der Waals surface area (Å²) < 4.78 is 16.9. The standard InChI is InChI=1S/C19H20FN5O2/c1-23-17(6-7-21-23)18(26)16-11-15-12-24(8-3-9-25(15)22-16)19(27)13-4-2-5-14(20)10-13/h2,4-7,10-11,18,26H,3,8-9,12H2,1H3/t18-/m0/s1. The number of nitrogens with zero attached hydrogens (tertiary/aromatic N) is 5. The first kappa shape index (κ1) is 17.4. The Morgan fingerprint density at radius 2 is 2.11 bits per heavy atom. The number of carbonyl (C=O) groups is 1. The maximum absolute atomic E-state index is 13.5. The van der Waals surface area contributed by atoms with Gasteiger partial charge < -0.3 is 10.0 Å². The molecule has 0 saturated carbocycles. The van der Waals surface area contributed by atoms with Crippen LogP contribution in [0.3, 0.4) is 0 Å². The van der Waals surface area contributed by atoms with Gasteiger partial charge in [0.15, 0.2) is 0 Å². The zero-order chi connectivity index (χ0) is 19.0. The van der Waals surface area contributed by atoms with E-state index in [1.54, 1.807) is 35.0 Å². The van der Waals surface area contributed by atoms with Crippen LogP contribution in [0.4, 0.5) is 4.39 Å². The lowest BCUT2D eigenvalue weighted by molar-refractivity contribution is 0.0745. The van der Waals surface area contributed by atoms with Crippen molar-refractivity contribution in [1.29, 1.82) is 0 Å². The van der Waals surface area contributed by atoms with Crippen LogP contribution in [0.5, 0.6) is 0 Å². The van der Waals surface area contributed by atoms with Crippen molar-refractivity contribution in [3.63, 3.8) is 0 Å². The Morgan fingerprint density at radius 3 is 2.85 bits per heavy atom. The van der Waals surface area contributed by atoms with Crippen LogP contribution >= 0.6 is 0 Å². The van der Waals surface area contributed by atoms with Gasteiger partial charge in [-0.3, -0.25) is 14.2 Å². The Kier molecular flexibility index (Phi) is 4.49. The molecule has 27 heavy (non-hydrogen) atoms. The van der Waals surface area contributed by atoms with Gasteiger partial charge in [-0.25, -0.2) is 4.39 Å².